The Bertz CT molecular complexity index is 396. The molecule has 1 fully saturated rings. The van der Waals surface area contributed by atoms with Gasteiger partial charge in [0.2, 0.25) is 0 Å². The third-order valence-corrected chi connectivity index (χ3v) is 4.33. The smallest absolute Gasteiger partial charge is 0.123 e. The van der Waals surface area contributed by atoms with Crippen molar-refractivity contribution in [2.75, 3.05) is 13.7 Å². The minimum Gasteiger partial charge on any atom is -0.496 e. The van der Waals surface area contributed by atoms with Gasteiger partial charge in [0.1, 0.15) is 5.75 Å². The van der Waals surface area contributed by atoms with Gasteiger partial charge in [-0.05, 0) is 38.8 Å². The van der Waals surface area contributed by atoms with Crippen LogP contribution in [0.5, 0.6) is 5.75 Å². The van der Waals surface area contributed by atoms with Gasteiger partial charge in [0, 0.05) is 11.6 Å². The summed E-state index contributed by atoms with van der Waals surface area (Å²) in [7, 11) is 1.75. The first-order valence-electron chi connectivity index (χ1n) is 7.58. The molecule has 1 aromatic rings. The Morgan fingerprint density at radius 1 is 1.32 bits per heavy atom. The second kappa shape index (κ2) is 6.95. The second-order valence-corrected chi connectivity index (χ2v) is 5.86. The number of benzene rings is 1. The van der Waals surface area contributed by atoms with Crippen LogP contribution in [0, 0.1) is 12.8 Å². The molecule has 0 aliphatic heterocycles. The molecule has 1 aliphatic carbocycles. The summed E-state index contributed by atoms with van der Waals surface area (Å²) in [5.74, 6) is 1.95. The molecule has 0 amide bonds. The van der Waals surface area contributed by atoms with Crippen molar-refractivity contribution < 1.29 is 4.74 Å². The van der Waals surface area contributed by atoms with Crippen molar-refractivity contribution in [1.29, 1.82) is 0 Å². The van der Waals surface area contributed by atoms with Crippen LogP contribution in [0.2, 0.25) is 0 Å². The molecule has 1 aliphatic rings. The fourth-order valence-corrected chi connectivity index (χ4v) is 3.11. The molecule has 0 saturated heterocycles. The first-order chi connectivity index (χ1) is 9.20. The molecule has 1 unspecified atom stereocenters. The molecular formula is C17H27NO. The third kappa shape index (κ3) is 3.97. The van der Waals surface area contributed by atoms with Crippen molar-refractivity contribution in [1.82, 2.24) is 5.32 Å². The Hall–Kier alpha value is -1.02. The zero-order valence-corrected chi connectivity index (χ0v) is 12.5. The summed E-state index contributed by atoms with van der Waals surface area (Å²) in [4.78, 5) is 0. The monoisotopic (exact) mass is 261 g/mol. The minimum absolute atomic E-state index is 0.358. The van der Waals surface area contributed by atoms with E-state index in [0.29, 0.717) is 6.04 Å². The van der Waals surface area contributed by atoms with Gasteiger partial charge in [0.05, 0.1) is 7.11 Å². The zero-order chi connectivity index (χ0) is 13.7. The van der Waals surface area contributed by atoms with Crippen LogP contribution < -0.4 is 10.1 Å². The summed E-state index contributed by atoms with van der Waals surface area (Å²) in [5, 5.41) is 3.65. The van der Waals surface area contributed by atoms with E-state index in [1.165, 1.54) is 43.2 Å². The van der Waals surface area contributed by atoms with E-state index in [-0.39, 0.29) is 0 Å². The molecule has 2 rings (SSSR count). The molecule has 1 atom stereocenters. The predicted molar refractivity (Wildman–Crippen MR) is 80.7 cm³/mol. The molecule has 0 bridgehead atoms. The van der Waals surface area contributed by atoms with Crippen LogP contribution in [0.4, 0.5) is 0 Å². The lowest BCUT2D eigenvalue weighted by Crippen LogP contribution is -2.22. The lowest BCUT2D eigenvalue weighted by molar-refractivity contribution is 0.397. The number of hydrogen-bond donors (Lipinski definition) is 1. The zero-order valence-electron chi connectivity index (χ0n) is 12.5. The number of aryl methyl sites for hydroxylation is 1. The highest BCUT2D eigenvalue weighted by Crippen LogP contribution is 2.28. The van der Waals surface area contributed by atoms with Crippen molar-refractivity contribution in [3.05, 3.63) is 29.3 Å². The van der Waals surface area contributed by atoms with E-state index in [1.807, 2.05) is 0 Å². The largest absolute Gasteiger partial charge is 0.496 e. The van der Waals surface area contributed by atoms with Gasteiger partial charge in [0.25, 0.3) is 0 Å². The van der Waals surface area contributed by atoms with Crippen LogP contribution in [0.15, 0.2) is 18.2 Å². The first kappa shape index (κ1) is 14.4. The second-order valence-electron chi connectivity index (χ2n) is 5.86. The summed E-state index contributed by atoms with van der Waals surface area (Å²) in [6.07, 6.45) is 7.06. The van der Waals surface area contributed by atoms with Crippen LogP contribution in [-0.2, 0) is 0 Å². The standard InChI is InChI=1S/C17H27NO/c1-13-8-9-17(19-3)16(12-13)14(2)18-11-10-15-6-4-5-7-15/h8-9,12,14-15,18H,4-7,10-11H2,1-3H3. The maximum Gasteiger partial charge on any atom is 0.123 e. The molecule has 0 heterocycles. The summed E-state index contributed by atoms with van der Waals surface area (Å²) >= 11 is 0. The highest BCUT2D eigenvalue weighted by molar-refractivity contribution is 5.38. The molecule has 106 valence electrons. The van der Waals surface area contributed by atoms with E-state index in [0.717, 1.165) is 18.2 Å². The molecule has 0 spiro atoms. The molecular weight excluding hydrogens is 234 g/mol. The van der Waals surface area contributed by atoms with Gasteiger partial charge in [-0.15, -0.1) is 0 Å². The number of methoxy groups -OCH3 is 1. The molecule has 1 N–H and O–H groups in total. The highest BCUT2D eigenvalue weighted by Gasteiger charge is 2.16. The van der Waals surface area contributed by atoms with Gasteiger partial charge in [-0.25, -0.2) is 0 Å². The number of rotatable bonds is 6. The van der Waals surface area contributed by atoms with Gasteiger partial charge >= 0.3 is 0 Å². The van der Waals surface area contributed by atoms with Crippen LogP contribution in [0.1, 0.15) is 56.2 Å². The Morgan fingerprint density at radius 2 is 2.05 bits per heavy atom. The highest BCUT2D eigenvalue weighted by atomic mass is 16.5. The van der Waals surface area contributed by atoms with Crippen LogP contribution >= 0.6 is 0 Å². The fourth-order valence-electron chi connectivity index (χ4n) is 3.11. The van der Waals surface area contributed by atoms with Crippen LogP contribution in [0.25, 0.3) is 0 Å². The van der Waals surface area contributed by atoms with E-state index in [4.69, 9.17) is 4.74 Å². The molecule has 0 radical (unpaired) electrons. The minimum atomic E-state index is 0.358. The summed E-state index contributed by atoms with van der Waals surface area (Å²) in [6, 6.07) is 6.76. The van der Waals surface area contributed by atoms with Crippen LogP contribution in [-0.4, -0.2) is 13.7 Å². The van der Waals surface area contributed by atoms with E-state index in [1.54, 1.807) is 7.11 Å². The SMILES string of the molecule is COc1ccc(C)cc1C(C)NCCC1CCCC1. The number of hydrogen-bond acceptors (Lipinski definition) is 2. The molecule has 2 nitrogen and oxygen atoms in total. The Labute approximate surface area is 117 Å². The summed E-state index contributed by atoms with van der Waals surface area (Å²) in [6.45, 7) is 5.48. The molecule has 2 heteroatoms. The van der Waals surface area contributed by atoms with Crippen LogP contribution in [0.3, 0.4) is 0 Å². The van der Waals surface area contributed by atoms with Gasteiger partial charge in [-0.3, -0.25) is 0 Å². The number of ether oxygens (including phenoxy) is 1. The predicted octanol–water partition coefficient (Wildman–Crippen LogP) is 4.23. The maximum absolute atomic E-state index is 5.46. The Kier molecular flexibility index (Phi) is 5.26. The molecule has 1 saturated carbocycles. The third-order valence-electron chi connectivity index (χ3n) is 4.33. The van der Waals surface area contributed by atoms with E-state index in [9.17, 15) is 0 Å². The van der Waals surface area contributed by atoms with Crippen molar-refractivity contribution in [2.45, 2.75) is 52.0 Å². The quantitative estimate of drug-likeness (QED) is 0.827. The van der Waals surface area contributed by atoms with Gasteiger partial charge in [-0.2, -0.15) is 0 Å². The van der Waals surface area contributed by atoms with Gasteiger partial charge < -0.3 is 10.1 Å². The molecule has 19 heavy (non-hydrogen) atoms. The van der Waals surface area contributed by atoms with Crippen molar-refractivity contribution >= 4 is 0 Å². The summed E-state index contributed by atoms with van der Waals surface area (Å²) in [5.41, 5.74) is 2.56. The maximum atomic E-state index is 5.46. The van der Waals surface area contributed by atoms with E-state index in [2.05, 4.69) is 37.4 Å². The van der Waals surface area contributed by atoms with E-state index >= 15 is 0 Å². The van der Waals surface area contributed by atoms with Crippen molar-refractivity contribution in [3.63, 3.8) is 0 Å². The summed E-state index contributed by atoms with van der Waals surface area (Å²) < 4.78 is 5.46. The average Bonchev–Trinajstić information content (AvgIpc) is 2.91. The Morgan fingerprint density at radius 3 is 2.74 bits per heavy atom. The first-order valence-corrected chi connectivity index (χ1v) is 7.58. The van der Waals surface area contributed by atoms with Gasteiger partial charge in [-0.1, -0.05) is 43.4 Å². The topological polar surface area (TPSA) is 21.3 Å². The lowest BCUT2D eigenvalue weighted by Gasteiger charge is -2.19. The normalized spacial score (nSPS) is 17.6. The number of nitrogens with one attached hydrogen (secondary N) is 1. The van der Waals surface area contributed by atoms with Crippen molar-refractivity contribution in [2.24, 2.45) is 5.92 Å². The van der Waals surface area contributed by atoms with Crippen molar-refractivity contribution in [3.8, 4) is 5.75 Å². The Balaban J connectivity index is 1.87. The van der Waals surface area contributed by atoms with E-state index < -0.39 is 0 Å². The fraction of sp³-hybridized carbons (Fsp3) is 0.647. The molecule has 1 aromatic carbocycles. The lowest BCUT2D eigenvalue weighted by atomic mass is 10.0. The van der Waals surface area contributed by atoms with Gasteiger partial charge in [0.15, 0.2) is 0 Å². The molecule has 0 aromatic heterocycles. The average molecular weight is 261 g/mol.